The lowest BCUT2D eigenvalue weighted by molar-refractivity contribution is -0.131. The zero-order valence-corrected chi connectivity index (χ0v) is 17.1. The molecule has 1 saturated heterocycles. The number of piperazine rings is 1. The minimum atomic E-state index is -2.70. The Balaban J connectivity index is 1.22. The van der Waals surface area contributed by atoms with E-state index in [1.165, 1.54) is 0 Å². The van der Waals surface area contributed by atoms with Crippen molar-refractivity contribution in [3.8, 4) is 0 Å². The van der Waals surface area contributed by atoms with Crippen LogP contribution in [0, 0.1) is 0 Å². The summed E-state index contributed by atoms with van der Waals surface area (Å²) in [6.45, 7) is 1.74. The number of halogens is 2. The minimum absolute atomic E-state index is 0.0280. The van der Waals surface area contributed by atoms with Crippen molar-refractivity contribution in [3.05, 3.63) is 65.6 Å². The molecule has 4 aromatic rings. The van der Waals surface area contributed by atoms with E-state index < -0.39 is 12.2 Å². The fraction of sp³-hybridized carbons (Fsp3) is 0.261. The number of nitrogens with one attached hydrogen (secondary N) is 2. The van der Waals surface area contributed by atoms with Crippen molar-refractivity contribution in [1.29, 1.82) is 0 Å². The van der Waals surface area contributed by atoms with E-state index >= 15 is 0 Å². The van der Waals surface area contributed by atoms with E-state index in [9.17, 15) is 18.4 Å². The van der Waals surface area contributed by atoms with Gasteiger partial charge in [0.25, 0.3) is 12.3 Å². The molecule has 2 amide bonds. The second-order valence-corrected chi connectivity index (χ2v) is 7.86. The lowest BCUT2D eigenvalue weighted by atomic mass is 10.1. The number of hydrogen-bond donors (Lipinski definition) is 2. The second kappa shape index (κ2) is 8.07. The van der Waals surface area contributed by atoms with Crippen LogP contribution in [-0.4, -0.2) is 62.7 Å². The van der Waals surface area contributed by atoms with E-state index in [1.807, 2.05) is 30.5 Å². The number of hydrogen-bond acceptors (Lipinski definition) is 3. The molecule has 0 spiro atoms. The van der Waals surface area contributed by atoms with Crippen molar-refractivity contribution >= 4 is 33.8 Å². The molecule has 164 valence electrons. The Morgan fingerprint density at radius 2 is 1.75 bits per heavy atom. The number of amides is 2. The van der Waals surface area contributed by atoms with Gasteiger partial charge < -0.3 is 19.8 Å². The maximum absolute atomic E-state index is 12.9. The van der Waals surface area contributed by atoms with E-state index in [2.05, 4.69) is 15.0 Å². The Hall–Kier alpha value is -3.75. The number of aromatic nitrogens is 3. The Labute approximate surface area is 182 Å². The molecule has 9 heteroatoms. The summed E-state index contributed by atoms with van der Waals surface area (Å²) in [6, 6.07) is 12.6. The highest BCUT2D eigenvalue weighted by Gasteiger charge is 2.26. The molecule has 3 heterocycles. The number of alkyl halides is 2. The maximum atomic E-state index is 12.9. The quantitative estimate of drug-likeness (QED) is 0.512. The van der Waals surface area contributed by atoms with Gasteiger partial charge in [-0.1, -0.05) is 18.2 Å². The van der Waals surface area contributed by atoms with Crippen molar-refractivity contribution < 1.29 is 18.4 Å². The molecule has 0 radical (unpaired) electrons. The summed E-state index contributed by atoms with van der Waals surface area (Å²) in [7, 11) is 0. The van der Waals surface area contributed by atoms with Crippen LogP contribution in [0.1, 0.15) is 28.2 Å². The topological polar surface area (TPSA) is 85.1 Å². The smallest absolute Gasteiger partial charge is 0.295 e. The van der Waals surface area contributed by atoms with E-state index in [4.69, 9.17) is 0 Å². The molecule has 2 aromatic heterocycles. The number of para-hydroxylation sites is 1. The van der Waals surface area contributed by atoms with Crippen LogP contribution in [-0.2, 0) is 11.2 Å². The summed E-state index contributed by atoms with van der Waals surface area (Å²) in [5.41, 5.74) is 3.16. The number of H-pyrrole nitrogens is 2. The van der Waals surface area contributed by atoms with Crippen LogP contribution in [0.15, 0.2) is 48.7 Å². The first-order chi connectivity index (χ1) is 15.5. The molecule has 0 bridgehead atoms. The summed E-state index contributed by atoms with van der Waals surface area (Å²) in [5, 5.41) is 1.04. The van der Waals surface area contributed by atoms with Gasteiger partial charge in [0.2, 0.25) is 5.91 Å². The molecule has 32 heavy (non-hydrogen) atoms. The van der Waals surface area contributed by atoms with Gasteiger partial charge in [0.05, 0.1) is 17.5 Å². The molecule has 0 atom stereocenters. The van der Waals surface area contributed by atoms with E-state index in [0.717, 1.165) is 16.5 Å². The monoisotopic (exact) mass is 437 g/mol. The average molecular weight is 437 g/mol. The van der Waals surface area contributed by atoms with Gasteiger partial charge in [-0.3, -0.25) is 9.59 Å². The first-order valence-electron chi connectivity index (χ1n) is 10.4. The summed E-state index contributed by atoms with van der Waals surface area (Å²) < 4.78 is 25.7. The molecule has 1 fully saturated rings. The van der Waals surface area contributed by atoms with Gasteiger partial charge in [0.1, 0.15) is 0 Å². The Morgan fingerprint density at radius 1 is 1.00 bits per heavy atom. The number of rotatable bonds is 4. The number of benzene rings is 2. The molecule has 7 nitrogen and oxygen atoms in total. The van der Waals surface area contributed by atoms with Gasteiger partial charge in [-0.2, -0.15) is 0 Å². The first kappa shape index (κ1) is 20.2. The predicted octanol–water partition coefficient (Wildman–Crippen LogP) is 3.51. The number of aromatic amines is 2. The third-order valence-corrected chi connectivity index (χ3v) is 5.89. The van der Waals surface area contributed by atoms with Gasteiger partial charge in [0, 0.05) is 48.8 Å². The first-order valence-corrected chi connectivity index (χ1v) is 10.4. The summed E-state index contributed by atoms with van der Waals surface area (Å²) >= 11 is 0. The standard InChI is InChI=1S/C23H21F2N5O2/c24-21(25)22-27-18-6-5-14(11-19(18)28-22)23(32)30-9-7-29(8-10-30)20(31)12-15-13-26-17-4-2-1-3-16(15)17/h1-6,11,13,21,26H,7-10,12H2,(H,27,28). The van der Waals surface area contributed by atoms with Gasteiger partial charge in [0.15, 0.2) is 5.82 Å². The van der Waals surface area contributed by atoms with Gasteiger partial charge in [-0.25, -0.2) is 13.8 Å². The molecule has 1 aliphatic heterocycles. The highest BCUT2D eigenvalue weighted by Crippen LogP contribution is 2.22. The normalized spacial score (nSPS) is 14.6. The van der Waals surface area contributed by atoms with Crippen molar-refractivity contribution in [2.75, 3.05) is 26.2 Å². The third kappa shape index (κ3) is 3.70. The highest BCUT2D eigenvalue weighted by atomic mass is 19.3. The van der Waals surface area contributed by atoms with Crippen LogP contribution < -0.4 is 0 Å². The highest BCUT2D eigenvalue weighted by molar-refractivity contribution is 5.97. The number of fused-ring (bicyclic) bond motifs is 2. The Bertz CT molecular complexity index is 1300. The summed E-state index contributed by atoms with van der Waals surface area (Å²) in [6.07, 6.45) is -0.523. The van der Waals surface area contributed by atoms with Crippen molar-refractivity contribution in [3.63, 3.8) is 0 Å². The number of carbonyl (C=O) groups excluding carboxylic acids is 2. The number of imidazole rings is 1. The van der Waals surface area contributed by atoms with Crippen LogP contribution in [0.3, 0.4) is 0 Å². The average Bonchev–Trinajstić information content (AvgIpc) is 3.43. The Kier molecular flexibility index (Phi) is 5.08. The van der Waals surface area contributed by atoms with Crippen molar-refractivity contribution in [2.45, 2.75) is 12.8 Å². The lowest BCUT2D eigenvalue weighted by Gasteiger charge is -2.35. The largest absolute Gasteiger partial charge is 0.361 e. The van der Waals surface area contributed by atoms with Crippen LogP contribution in [0.2, 0.25) is 0 Å². The maximum Gasteiger partial charge on any atom is 0.295 e. The zero-order chi connectivity index (χ0) is 22.2. The molecule has 5 rings (SSSR count). The SMILES string of the molecule is O=C(Cc1c[nH]c2ccccc12)N1CCN(C(=O)c2ccc3nc(C(F)F)[nH]c3c2)CC1. The predicted molar refractivity (Wildman–Crippen MR) is 116 cm³/mol. The summed E-state index contributed by atoms with van der Waals surface area (Å²) in [4.78, 5) is 38.7. The van der Waals surface area contributed by atoms with Crippen LogP contribution in [0.25, 0.3) is 21.9 Å². The molecule has 2 aromatic carbocycles. The van der Waals surface area contributed by atoms with Crippen molar-refractivity contribution in [1.82, 2.24) is 24.8 Å². The zero-order valence-electron chi connectivity index (χ0n) is 17.1. The molecule has 1 aliphatic rings. The minimum Gasteiger partial charge on any atom is -0.361 e. The number of nitrogens with zero attached hydrogens (tertiary/aromatic N) is 3. The fourth-order valence-electron chi connectivity index (χ4n) is 4.16. The molecular formula is C23H21F2N5O2. The van der Waals surface area contributed by atoms with Crippen LogP contribution >= 0.6 is 0 Å². The number of carbonyl (C=O) groups is 2. The molecule has 0 saturated carbocycles. The molecule has 0 aliphatic carbocycles. The third-order valence-electron chi connectivity index (χ3n) is 5.89. The van der Waals surface area contributed by atoms with Gasteiger partial charge in [-0.15, -0.1) is 0 Å². The molecule has 2 N–H and O–H groups in total. The van der Waals surface area contributed by atoms with Crippen molar-refractivity contribution in [2.24, 2.45) is 0 Å². The van der Waals surface area contributed by atoms with Crippen LogP contribution in [0.5, 0.6) is 0 Å². The lowest BCUT2D eigenvalue weighted by Crippen LogP contribution is -2.51. The van der Waals surface area contributed by atoms with Gasteiger partial charge in [-0.05, 0) is 29.8 Å². The second-order valence-electron chi connectivity index (χ2n) is 7.86. The fourth-order valence-corrected chi connectivity index (χ4v) is 4.16. The Morgan fingerprint density at radius 3 is 2.53 bits per heavy atom. The van der Waals surface area contributed by atoms with Crippen LogP contribution in [0.4, 0.5) is 8.78 Å². The summed E-state index contributed by atoms with van der Waals surface area (Å²) in [5.74, 6) is -0.573. The van der Waals surface area contributed by atoms with Gasteiger partial charge >= 0.3 is 0 Å². The van der Waals surface area contributed by atoms with E-state index in [1.54, 1.807) is 28.0 Å². The van der Waals surface area contributed by atoms with E-state index in [-0.39, 0.29) is 11.8 Å². The van der Waals surface area contributed by atoms with E-state index in [0.29, 0.717) is 49.2 Å². The molecular weight excluding hydrogens is 416 g/mol. The molecule has 0 unspecified atom stereocenters.